The zero-order valence-corrected chi connectivity index (χ0v) is 10.7. The SMILES string of the molecule is NC(C[Se][Se]C[C@@H](N)C(=O)O)C(=O)O. The van der Waals surface area contributed by atoms with Gasteiger partial charge in [0.1, 0.15) is 0 Å². The second kappa shape index (κ2) is 7.22. The van der Waals surface area contributed by atoms with Gasteiger partial charge < -0.3 is 0 Å². The molecule has 0 saturated heterocycles. The summed E-state index contributed by atoms with van der Waals surface area (Å²) < 4.78 is 0. The van der Waals surface area contributed by atoms with Gasteiger partial charge in [-0.2, -0.15) is 0 Å². The van der Waals surface area contributed by atoms with Gasteiger partial charge in [0.05, 0.1) is 0 Å². The van der Waals surface area contributed by atoms with Crippen molar-refractivity contribution in [2.24, 2.45) is 11.5 Å². The Hall–Kier alpha value is -0.101. The topological polar surface area (TPSA) is 127 Å². The summed E-state index contributed by atoms with van der Waals surface area (Å²) in [6.45, 7) is 0. The Kier molecular flexibility index (Phi) is 7.17. The van der Waals surface area contributed by atoms with Crippen LogP contribution < -0.4 is 11.5 Å². The Morgan fingerprint density at radius 2 is 1.29 bits per heavy atom. The Labute approximate surface area is 92.3 Å². The van der Waals surface area contributed by atoms with Gasteiger partial charge in [0, 0.05) is 0 Å². The van der Waals surface area contributed by atoms with Gasteiger partial charge in [0.15, 0.2) is 0 Å². The Morgan fingerprint density at radius 3 is 1.50 bits per heavy atom. The minimum atomic E-state index is -1.01. The number of rotatable bonds is 7. The predicted molar refractivity (Wildman–Crippen MR) is 52.3 cm³/mol. The molecule has 0 aliphatic rings. The van der Waals surface area contributed by atoms with E-state index in [2.05, 4.69) is 0 Å². The molecule has 0 radical (unpaired) electrons. The van der Waals surface area contributed by atoms with E-state index in [4.69, 9.17) is 21.7 Å². The fourth-order valence-electron chi connectivity index (χ4n) is 0.385. The van der Waals surface area contributed by atoms with Gasteiger partial charge in [-0.25, -0.2) is 0 Å². The molecule has 14 heavy (non-hydrogen) atoms. The van der Waals surface area contributed by atoms with Crippen LogP contribution in [0.1, 0.15) is 0 Å². The number of aliphatic carboxylic acids is 2. The third kappa shape index (κ3) is 6.37. The first-order chi connectivity index (χ1) is 6.45. The van der Waals surface area contributed by atoms with E-state index in [1.807, 2.05) is 0 Å². The summed E-state index contributed by atoms with van der Waals surface area (Å²) in [5, 5.41) is 17.8. The van der Waals surface area contributed by atoms with Crippen LogP contribution in [0.25, 0.3) is 0 Å². The fourth-order valence-corrected chi connectivity index (χ4v) is 7.30. The molecule has 0 bridgehead atoms. The molecule has 0 spiro atoms. The van der Waals surface area contributed by atoms with Gasteiger partial charge >= 0.3 is 92.2 Å². The first-order valence-corrected chi connectivity index (χ1v) is 10.4. The molecule has 0 aliphatic carbocycles. The van der Waals surface area contributed by atoms with Gasteiger partial charge in [0.2, 0.25) is 0 Å². The standard InChI is InChI=1S/C6H12N2O4Se2/c7-3(5(9)10)1-13-14-2-4(8)6(11)12/h3-4H,1-2,7-8H2,(H,9,10)(H,11,12)/t3-,4?/m1/s1. The van der Waals surface area contributed by atoms with Crippen molar-refractivity contribution in [3.8, 4) is 0 Å². The van der Waals surface area contributed by atoms with Crippen molar-refractivity contribution in [2.45, 2.75) is 22.7 Å². The van der Waals surface area contributed by atoms with Gasteiger partial charge in [0.25, 0.3) is 0 Å². The average molecular weight is 334 g/mol. The van der Waals surface area contributed by atoms with Crippen LogP contribution in [0, 0.1) is 0 Å². The summed E-state index contributed by atoms with van der Waals surface area (Å²) in [7, 11) is 0. The van der Waals surface area contributed by atoms with Gasteiger partial charge in [-0.3, -0.25) is 0 Å². The summed E-state index contributed by atoms with van der Waals surface area (Å²) in [5.41, 5.74) is 10.5. The Balaban J connectivity index is 3.47. The second-order valence-electron chi connectivity index (χ2n) is 2.46. The molecule has 0 heterocycles. The molecule has 0 fully saturated rings. The van der Waals surface area contributed by atoms with E-state index in [-0.39, 0.29) is 26.3 Å². The molecular weight excluding hydrogens is 322 g/mol. The average Bonchev–Trinajstić information content (AvgIpc) is 2.11. The van der Waals surface area contributed by atoms with Crippen molar-refractivity contribution in [3.63, 3.8) is 0 Å². The van der Waals surface area contributed by atoms with Crippen LogP contribution in [-0.4, -0.2) is 60.5 Å². The van der Waals surface area contributed by atoms with Crippen molar-refractivity contribution >= 4 is 38.2 Å². The van der Waals surface area contributed by atoms with Crippen LogP contribution in [-0.2, 0) is 9.59 Å². The second-order valence-corrected chi connectivity index (χ2v) is 9.99. The molecule has 0 aromatic carbocycles. The zero-order valence-electron chi connectivity index (χ0n) is 7.25. The van der Waals surface area contributed by atoms with Crippen LogP contribution in [0.15, 0.2) is 0 Å². The van der Waals surface area contributed by atoms with Crippen LogP contribution >= 0.6 is 0 Å². The maximum absolute atomic E-state index is 10.3. The molecule has 0 saturated carbocycles. The van der Waals surface area contributed by atoms with Crippen LogP contribution in [0.4, 0.5) is 0 Å². The molecule has 0 aliphatic heterocycles. The van der Waals surface area contributed by atoms with Crippen LogP contribution in [0.2, 0.25) is 10.6 Å². The first kappa shape index (κ1) is 13.9. The number of hydrogen-bond acceptors (Lipinski definition) is 4. The summed E-state index contributed by atoms with van der Waals surface area (Å²) in [5.74, 6) is -2.02. The first-order valence-electron chi connectivity index (χ1n) is 3.66. The van der Waals surface area contributed by atoms with Crippen molar-refractivity contribution < 1.29 is 19.8 Å². The van der Waals surface area contributed by atoms with Gasteiger partial charge in [-0.1, -0.05) is 0 Å². The number of hydrogen-bond donors (Lipinski definition) is 4. The molecule has 8 heteroatoms. The molecule has 6 N–H and O–H groups in total. The molecule has 82 valence electrons. The van der Waals surface area contributed by atoms with Gasteiger partial charge in [-0.15, -0.1) is 0 Å². The summed E-state index contributed by atoms with van der Waals surface area (Å²) in [6.07, 6.45) is 0. The van der Waals surface area contributed by atoms with E-state index in [0.29, 0.717) is 10.6 Å². The van der Waals surface area contributed by atoms with Gasteiger partial charge in [-0.05, 0) is 0 Å². The fraction of sp³-hybridized carbons (Fsp3) is 0.667. The molecule has 0 aromatic heterocycles. The Morgan fingerprint density at radius 1 is 1.00 bits per heavy atom. The van der Waals surface area contributed by atoms with E-state index in [0.717, 1.165) is 0 Å². The summed E-state index contributed by atoms with van der Waals surface area (Å²) in [4.78, 5) is 20.6. The normalized spacial score (nSPS) is 14.7. The van der Waals surface area contributed by atoms with Crippen LogP contribution in [0.5, 0.6) is 0 Å². The summed E-state index contributed by atoms with van der Waals surface area (Å²) >= 11 is 0.218. The van der Waals surface area contributed by atoms with E-state index in [1.54, 1.807) is 0 Å². The molecule has 0 amide bonds. The van der Waals surface area contributed by atoms with Crippen LogP contribution in [0.3, 0.4) is 0 Å². The molecule has 0 aromatic rings. The van der Waals surface area contributed by atoms with Crippen molar-refractivity contribution in [3.05, 3.63) is 0 Å². The molecular formula is C6H12N2O4Se2. The predicted octanol–water partition coefficient (Wildman–Crippen LogP) is -2.03. The number of nitrogens with two attached hydrogens (primary N) is 2. The van der Waals surface area contributed by atoms with E-state index < -0.39 is 24.0 Å². The molecule has 2 atom stereocenters. The molecule has 0 rings (SSSR count). The van der Waals surface area contributed by atoms with E-state index in [1.165, 1.54) is 0 Å². The van der Waals surface area contributed by atoms with Crippen molar-refractivity contribution in [1.82, 2.24) is 0 Å². The Bertz CT molecular complexity index is 192. The zero-order chi connectivity index (χ0) is 11.1. The number of carbonyl (C=O) groups is 2. The maximum atomic E-state index is 10.3. The molecule has 6 nitrogen and oxygen atoms in total. The number of carboxylic acids is 2. The third-order valence-electron chi connectivity index (χ3n) is 1.21. The van der Waals surface area contributed by atoms with Crippen molar-refractivity contribution in [2.75, 3.05) is 0 Å². The number of carboxylic acid groups (broad SMARTS) is 2. The summed E-state index contributed by atoms with van der Waals surface area (Å²) in [6, 6.07) is -1.64. The minimum absolute atomic E-state index is 0.109. The quantitative estimate of drug-likeness (QED) is 0.314. The molecule has 1 unspecified atom stereocenters. The van der Waals surface area contributed by atoms with E-state index >= 15 is 0 Å². The monoisotopic (exact) mass is 336 g/mol. The van der Waals surface area contributed by atoms with E-state index in [9.17, 15) is 9.59 Å². The van der Waals surface area contributed by atoms with Crippen molar-refractivity contribution in [1.29, 1.82) is 0 Å². The third-order valence-corrected chi connectivity index (χ3v) is 8.42.